The summed E-state index contributed by atoms with van der Waals surface area (Å²) in [7, 11) is -2.06. The number of H-pyrrole nitrogens is 1. The van der Waals surface area contributed by atoms with E-state index in [0.29, 0.717) is 13.0 Å². The quantitative estimate of drug-likeness (QED) is 0.876. The van der Waals surface area contributed by atoms with E-state index in [2.05, 4.69) is 9.97 Å². The molecule has 0 fully saturated rings. The van der Waals surface area contributed by atoms with Crippen molar-refractivity contribution in [2.24, 2.45) is 0 Å². The van der Waals surface area contributed by atoms with Gasteiger partial charge in [0.15, 0.2) is 0 Å². The summed E-state index contributed by atoms with van der Waals surface area (Å²) < 4.78 is 25.8. The summed E-state index contributed by atoms with van der Waals surface area (Å²) in [4.78, 5) is 17.3. The Balaban J connectivity index is 2.09. The van der Waals surface area contributed by atoms with Crippen molar-refractivity contribution < 1.29 is 8.42 Å². The Bertz CT molecular complexity index is 706. The Morgan fingerprint density at radius 3 is 2.50 bits per heavy atom. The molecule has 0 spiro atoms. The van der Waals surface area contributed by atoms with Gasteiger partial charge >= 0.3 is 0 Å². The molecule has 2 aromatic rings. The van der Waals surface area contributed by atoms with Gasteiger partial charge in [-0.25, -0.2) is 12.7 Å². The van der Waals surface area contributed by atoms with Gasteiger partial charge in [0.1, 0.15) is 0 Å². The van der Waals surface area contributed by atoms with Crippen molar-refractivity contribution in [2.75, 3.05) is 13.6 Å². The molecule has 1 N–H and O–H groups in total. The highest BCUT2D eigenvalue weighted by Gasteiger charge is 2.20. The van der Waals surface area contributed by atoms with E-state index in [4.69, 9.17) is 0 Å². The second-order valence-corrected chi connectivity index (χ2v) is 6.37. The van der Waals surface area contributed by atoms with Crippen LogP contribution < -0.4 is 5.56 Å². The van der Waals surface area contributed by atoms with Crippen molar-refractivity contribution in [3.8, 4) is 0 Å². The fourth-order valence-electron chi connectivity index (χ4n) is 1.69. The van der Waals surface area contributed by atoms with Crippen molar-refractivity contribution >= 4 is 10.0 Å². The maximum absolute atomic E-state index is 12.3. The zero-order chi connectivity index (χ0) is 14.6. The largest absolute Gasteiger partial charge is 0.328 e. The minimum absolute atomic E-state index is 0.0781. The van der Waals surface area contributed by atoms with Crippen molar-refractivity contribution in [3.05, 3.63) is 58.8 Å². The molecule has 20 heavy (non-hydrogen) atoms. The van der Waals surface area contributed by atoms with Crippen LogP contribution in [-0.4, -0.2) is 36.3 Å². The van der Waals surface area contributed by atoms with Gasteiger partial charge in [-0.3, -0.25) is 9.78 Å². The van der Waals surface area contributed by atoms with E-state index in [1.54, 1.807) is 12.4 Å². The maximum Gasteiger partial charge on any atom is 0.247 e. The molecule has 0 radical (unpaired) electrons. The molecule has 0 atom stereocenters. The van der Waals surface area contributed by atoms with Gasteiger partial charge in [-0.1, -0.05) is 0 Å². The van der Waals surface area contributed by atoms with Crippen LogP contribution in [0.1, 0.15) is 5.56 Å². The molecule has 0 aliphatic rings. The van der Waals surface area contributed by atoms with E-state index in [1.165, 1.54) is 29.7 Å². The summed E-state index contributed by atoms with van der Waals surface area (Å²) in [6.45, 7) is 0.353. The second-order valence-electron chi connectivity index (χ2n) is 4.32. The number of hydrogen-bond donors (Lipinski definition) is 1. The smallest absolute Gasteiger partial charge is 0.247 e. The Hall–Kier alpha value is -1.99. The SMILES string of the molecule is CN(CCc1ccncc1)S(=O)(=O)c1ccc(=O)[nH]c1. The van der Waals surface area contributed by atoms with E-state index in [9.17, 15) is 13.2 Å². The van der Waals surface area contributed by atoms with Gasteiger partial charge in [-0.2, -0.15) is 0 Å². The molecule has 106 valence electrons. The van der Waals surface area contributed by atoms with Gasteiger partial charge in [0.05, 0.1) is 4.90 Å². The topological polar surface area (TPSA) is 83.1 Å². The number of hydrogen-bond acceptors (Lipinski definition) is 4. The molecule has 2 heterocycles. The molecule has 2 rings (SSSR count). The third kappa shape index (κ3) is 3.31. The molecule has 6 nitrogen and oxygen atoms in total. The molecular weight excluding hydrogens is 278 g/mol. The third-order valence-electron chi connectivity index (χ3n) is 2.93. The molecule has 0 saturated heterocycles. The Morgan fingerprint density at radius 2 is 1.90 bits per heavy atom. The number of nitrogens with zero attached hydrogens (tertiary/aromatic N) is 2. The zero-order valence-corrected chi connectivity index (χ0v) is 11.8. The molecule has 2 aromatic heterocycles. The average molecular weight is 293 g/mol. The first-order chi connectivity index (χ1) is 9.50. The first-order valence-corrected chi connectivity index (χ1v) is 7.48. The molecule has 0 aliphatic heterocycles. The standard InChI is InChI=1S/C13H15N3O3S/c1-16(9-6-11-4-7-14-8-5-11)20(18,19)12-2-3-13(17)15-10-12/h2-5,7-8,10H,6,9H2,1H3,(H,15,17). The van der Waals surface area contributed by atoms with E-state index in [-0.39, 0.29) is 10.5 Å². The van der Waals surface area contributed by atoms with Crippen LogP contribution in [0.25, 0.3) is 0 Å². The van der Waals surface area contributed by atoms with Crippen molar-refractivity contribution in [1.29, 1.82) is 0 Å². The number of aromatic nitrogens is 2. The predicted octanol–water partition coefficient (Wildman–Crippen LogP) is 0.633. The maximum atomic E-state index is 12.3. The van der Waals surface area contributed by atoms with Gasteiger partial charge < -0.3 is 4.98 Å². The highest BCUT2D eigenvalue weighted by molar-refractivity contribution is 7.89. The molecule has 0 aromatic carbocycles. The van der Waals surface area contributed by atoms with Gasteiger partial charge in [-0.15, -0.1) is 0 Å². The van der Waals surface area contributed by atoms with E-state index < -0.39 is 10.0 Å². The normalized spacial score (nSPS) is 11.7. The lowest BCUT2D eigenvalue weighted by molar-refractivity contribution is 0.472. The van der Waals surface area contributed by atoms with Crippen LogP contribution >= 0.6 is 0 Å². The van der Waals surface area contributed by atoms with Crippen molar-refractivity contribution in [1.82, 2.24) is 14.3 Å². The predicted molar refractivity (Wildman–Crippen MR) is 74.8 cm³/mol. The molecule has 7 heteroatoms. The summed E-state index contributed by atoms with van der Waals surface area (Å²) >= 11 is 0. The summed E-state index contributed by atoms with van der Waals surface area (Å²) in [5, 5.41) is 0. The summed E-state index contributed by atoms with van der Waals surface area (Å²) in [6.07, 6.45) is 5.15. The van der Waals surface area contributed by atoms with Crippen LogP contribution in [0.2, 0.25) is 0 Å². The Morgan fingerprint density at radius 1 is 1.20 bits per heavy atom. The first-order valence-electron chi connectivity index (χ1n) is 6.04. The average Bonchev–Trinajstić information content (AvgIpc) is 2.46. The highest BCUT2D eigenvalue weighted by Crippen LogP contribution is 2.12. The lowest BCUT2D eigenvalue weighted by Crippen LogP contribution is -2.29. The minimum Gasteiger partial charge on any atom is -0.328 e. The van der Waals surface area contributed by atoms with Crippen LogP contribution in [0.4, 0.5) is 0 Å². The van der Waals surface area contributed by atoms with Gasteiger partial charge in [0, 0.05) is 38.2 Å². The number of sulfonamides is 1. The molecule has 0 aliphatic carbocycles. The molecule has 0 bridgehead atoms. The van der Waals surface area contributed by atoms with Crippen LogP contribution in [0.3, 0.4) is 0 Å². The Labute approximate surface area is 117 Å². The molecule has 0 saturated carbocycles. The highest BCUT2D eigenvalue weighted by atomic mass is 32.2. The summed E-state index contributed by atoms with van der Waals surface area (Å²) in [5.41, 5.74) is 0.687. The summed E-state index contributed by atoms with van der Waals surface area (Å²) in [5.74, 6) is 0. The number of pyridine rings is 2. The van der Waals surface area contributed by atoms with E-state index in [0.717, 1.165) is 5.56 Å². The summed E-state index contributed by atoms with van der Waals surface area (Å²) in [6, 6.07) is 6.20. The van der Waals surface area contributed by atoms with E-state index >= 15 is 0 Å². The number of likely N-dealkylation sites (N-methyl/N-ethyl adjacent to an activating group) is 1. The zero-order valence-electron chi connectivity index (χ0n) is 11.0. The van der Waals surface area contributed by atoms with Gasteiger partial charge in [0.25, 0.3) is 0 Å². The second kappa shape index (κ2) is 5.98. The van der Waals surface area contributed by atoms with Crippen molar-refractivity contribution in [3.63, 3.8) is 0 Å². The number of aromatic amines is 1. The fraction of sp³-hybridized carbons (Fsp3) is 0.231. The van der Waals surface area contributed by atoms with E-state index in [1.807, 2.05) is 12.1 Å². The molecule has 0 unspecified atom stereocenters. The van der Waals surface area contributed by atoms with Crippen LogP contribution in [-0.2, 0) is 16.4 Å². The van der Waals surface area contributed by atoms with Crippen molar-refractivity contribution in [2.45, 2.75) is 11.3 Å². The lowest BCUT2D eigenvalue weighted by Gasteiger charge is -2.16. The number of nitrogens with one attached hydrogen (secondary N) is 1. The lowest BCUT2D eigenvalue weighted by atomic mass is 10.2. The third-order valence-corrected chi connectivity index (χ3v) is 4.78. The fourth-order valence-corrected chi connectivity index (χ4v) is 2.83. The molecular formula is C13H15N3O3S. The Kier molecular flexibility index (Phi) is 4.31. The molecule has 0 amide bonds. The number of rotatable bonds is 5. The van der Waals surface area contributed by atoms with Gasteiger partial charge in [-0.05, 0) is 30.2 Å². The first kappa shape index (κ1) is 14.4. The van der Waals surface area contributed by atoms with Gasteiger partial charge in [0.2, 0.25) is 15.6 Å². The minimum atomic E-state index is -3.58. The van der Waals surface area contributed by atoms with Crippen LogP contribution in [0, 0.1) is 0 Å². The monoisotopic (exact) mass is 293 g/mol. The van der Waals surface area contributed by atoms with Crippen LogP contribution in [0.15, 0.2) is 52.5 Å². The van der Waals surface area contributed by atoms with Crippen LogP contribution in [0.5, 0.6) is 0 Å².